The number of rotatable bonds is 5. The second-order valence-corrected chi connectivity index (χ2v) is 6.01. The van der Waals surface area contributed by atoms with Crippen molar-refractivity contribution in [3.8, 4) is 11.5 Å². The maximum atomic E-state index is 14.3. The summed E-state index contributed by atoms with van der Waals surface area (Å²) in [5.41, 5.74) is -0.328. The van der Waals surface area contributed by atoms with Crippen LogP contribution in [0.3, 0.4) is 0 Å². The van der Waals surface area contributed by atoms with Crippen LogP contribution in [0.15, 0.2) is 12.1 Å². The first kappa shape index (κ1) is 16.5. The number of aliphatic carboxylic acids is 1. The molecule has 0 saturated carbocycles. The number of halogens is 1. The van der Waals surface area contributed by atoms with E-state index in [9.17, 15) is 9.18 Å². The maximum absolute atomic E-state index is 14.3. The Balaban J connectivity index is 2.47. The topological polar surface area (TPSA) is 67.8 Å². The van der Waals surface area contributed by atoms with E-state index in [-0.39, 0.29) is 6.04 Å². The summed E-state index contributed by atoms with van der Waals surface area (Å²) < 4.78 is 25.1. The SMILES string of the molecule is COc1cc(C(C)(C)F)cc(C2CC(C(=O)O)CN2)c1OC. The fourth-order valence-corrected chi connectivity index (χ4v) is 2.76. The van der Waals surface area contributed by atoms with Gasteiger partial charge in [-0.25, -0.2) is 4.39 Å². The average molecular weight is 311 g/mol. The van der Waals surface area contributed by atoms with Gasteiger partial charge in [-0.15, -0.1) is 0 Å². The highest BCUT2D eigenvalue weighted by Gasteiger charge is 2.34. The number of benzene rings is 1. The van der Waals surface area contributed by atoms with Gasteiger partial charge in [0, 0.05) is 18.2 Å². The van der Waals surface area contributed by atoms with E-state index in [1.165, 1.54) is 28.1 Å². The van der Waals surface area contributed by atoms with Crippen molar-refractivity contribution in [2.75, 3.05) is 20.8 Å². The van der Waals surface area contributed by atoms with E-state index in [2.05, 4.69) is 5.32 Å². The molecule has 2 N–H and O–H groups in total. The third-order valence-electron chi connectivity index (χ3n) is 4.05. The quantitative estimate of drug-likeness (QED) is 0.875. The highest BCUT2D eigenvalue weighted by atomic mass is 19.1. The molecule has 0 radical (unpaired) electrons. The van der Waals surface area contributed by atoms with Crippen molar-refractivity contribution in [1.29, 1.82) is 0 Å². The Bertz CT molecular complexity index is 568. The number of carboxylic acid groups (broad SMARTS) is 1. The Kier molecular flexibility index (Phi) is 4.60. The van der Waals surface area contributed by atoms with E-state index in [0.29, 0.717) is 30.0 Å². The van der Waals surface area contributed by atoms with Crippen LogP contribution in [0.1, 0.15) is 37.4 Å². The lowest BCUT2D eigenvalue weighted by Crippen LogP contribution is -2.18. The Morgan fingerprint density at radius 2 is 2.05 bits per heavy atom. The minimum Gasteiger partial charge on any atom is -0.493 e. The summed E-state index contributed by atoms with van der Waals surface area (Å²) in [6.07, 6.45) is 0.436. The minimum absolute atomic E-state index is 0.202. The molecule has 122 valence electrons. The van der Waals surface area contributed by atoms with Crippen LogP contribution < -0.4 is 14.8 Å². The van der Waals surface area contributed by atoms with E-state index in [0.717, 1.165) is 5.56 Å². The normalized spacial score (nSPS) is 21.7. The molecule has 1 aliphatic heterocycles. The fraction of sp³-hybridized carbons (Fsp3) is 0.562. The van der Waals surface area contributed by atoms with Gasteiger partial charge in [0.15, 0.2) is 11.5 Å². The van der Waals surface area contributed by atoms with Gasteiger partial charge >= 0.3 is 5.97 Å². The van der Waals surface area contributed by atoms with Gasteiger partial charge in [0.2, 0.25) is 0 Å². The summed E-state index contributed by atoms with van der Waals surface area (Å²) >= 11 is 0. The molecule has 0 spiro atoms. The second kappa shape index (κ2) is 6.12. The van der Waals surface area contributed by atoms with Gasteiger partial charge in [0.1, 0.15) is 5.67 Å². The van der Waals surface area contributed by atoms with Crippen molar-refractivity contribution in [2.24, 2.45) is 5.92 Å². The molecule has 0 amide bonds. The Morgan fingerprint density at radius 3 is 2.50 bits per heavy atom. The van der Waals surface area contributed by atoms with Gasteiger partial charge in [0.05, 0.1) is 20.1 Å². The lowest BCUT2D eigenvalue weighted by atomic mass is 9.92. The first-order valence-electron chi connectivity index (χ1n) is 7.19. The molecular formula is C16H22FNO4. The lowest BCUT2D eigenvalue weighted by Gasteiger charge is -2.23. The summed E-state index contributed by atoms with van der Waals surface area (Å²) in [7, 11) is 3.02. The lowest BCUT2D eigenvalue weighted by molar-refractivity contribution is -0.141. The van der Waals surface area contributed by atoms with Gasteiger partial charge in [-0.05, 0) is 38.0 Å². The maximum Gasteiger partial charge on any atom is 0.307 e. The molecular weight excluding hydrogens is 289 g/mol. The van der Waals surface area contributed by atoms with Gasteiger partial charge in [-0.1, -0.05) is 0 Å². The third-order valence-corrected chi connectivity index (χ3v) is 4.05. The molecule has 0 bridgehead atoms. The molecule has 2 rings (SSSR count). The fourth-order valence-electron chi connectivity index (χ4n) is 2.76. The van der Waals surface area contributed by atoms with Gasteiger partial charge in [-0.2, -0.15) is 0 Å². The van der Waals surface area contributed by atoms with E-state index < -0.39 is 17.6 Å². The molecule has 1 saturated heterocycles. The molecule has 2 unspecified atom stereocenters. The van der Waals surface area contributed by atoms with Crippen molar-refractivity contribution >= 4 is 5.97 Å². The number of hydrogen-bond donors (Lipinski definition) is 2. The van der Waals surface area contributed by atoms with Crippen LogP contribution in [0.2, 0.25) is 0 Å². The standard InChI is InChI=1S/C16H22FNO4/c1-16(2,17)10-6-11(14(22-4)13(7-10)21-3)12-5-9(8-18-12)15(19)20/h6-7,9,12,18H,5,8H2,1-4H3,(H,19,20). The molecule has 1 aromatic carbocycles. The zero-order valence-electron chi connectivity index (χ0n) is 13.3. The van der Waals surface area contributed by atoms with Crippen LogP contribution in [0.5, 0.6) is 11.5 Å². The summed E-state index contributed by atoms with van der Waals surface area (Å²) in [6.45, 7) is 3.33. The molecule has 1 fully saturated rings. The minimum atomic E-state index is -1.53. The van der Waals surface area contributed by atoms with E-state index in [1.807, 2.05) is 0 Å². The number of hydrogen-bond acceptors (Lipinski definition) is 4. The largest absolute Gasteiger partial charge is 0.493 e. The van der Waals surface area contributed by atoms with Crippen LogP contribution in [-0.4, -0.2) is 31.8 Å². The van der Waals surface area contributed by atoms with Gasteiger partial charge in [-0.3, -0.25) is 4.79 Å². The molecule has 22 heavy (non-hydrogen) atoms. The highest BCUT2D eigenvalue weighted by molar-refractivity contribution is 5.71. The number of methoxy groups -OCH3 is 2. The smallest absolute Gasteiger partial charge is 0.307 e. The molecule has 5 nitrogen and oxygen atoms in total. The molecule has 0 aromatic heterocycles. The van der Waals surface area contributed by atoms with E-state index in [4.69, 9.17) is 14.6 Å². The summed E-state index contributed by atoms with van der Waals surface area (Å²) in [5.74, 6) is -0.328. The van der Waals surface area contributed by atoms with E-state index in [1.54, 1.807) is 12.1 Å². The third kappa shape index (κ3) is 3.16. The summed E-state index contributed by atoms with van der Waals surface area (Å²) in [5, 5.41) is 12.3. The monoisotopic (exact) mass is 311 g/mol. The zero-order chi connectivity index (χ0) is 16.5. The first-order chi connectivity index (χ1) is 10.3. The van der Waals surface area contributed by atoms with Crippen LogP contribution in [0, 0.1) is 5.92 Å². The van der Waals surface area contributed by atoms with Crippen molar-refractivity contribution in [3.05, 3.63) is 23.3 Å². The predicted molar refractivity (Wildman–Crippen MR) is 80.2 cm³/mol. The number of ether oxygens (including phenoxy) is 2. The first-order valence-corrected chi connectivity index (χ1v) is 7.19. The molecule has 2 atom stereocenters. The van der Waals surface area contributed by atoms with Crippen LogP contribution in [0.25, 0.3) is 0 Å². The summed E-state index contributed by atoms with van der Waals surface area (Å²) in [4.78, 5) is 11.1. The van der Waals surface area contributed by atoms with Crippen molar-refractivity contribution in [3.63, 3.8) is 0 Å². The predicted octanol–water partition coefficient (Wildman–Crippen LogP) is 2.64. The summed E-state index contributed by atoms with van der Waals surface area (Å²) in [6, 6.07) is 3.14. The number of carbonyl (C=O) groups is 1. The Hall–Kier alpha value is -1.82. The van der Waals surface area contributed by atoms with Gasteiger partial charge in [0.25, 0.3) is 0 Å². The Labute approximate surface area is 129 Å². The van der Waals surface area contributed by atoms with Crippen LogP contribution >= 0.6 is 0 Å². The van der Waals surface area contributed by atoms with Crippen LogP contribution in [-0.2, 0) is 10.5 Å². The highest BCUT2D eigenvalue weighted by Crippen LogP contribution is 2.42. The van der Waals surface area contributed by atoms with Gasteiger partial charge < -0.3 is 19.9 Å². The number of carboxylic acids is 1. The molecule has 1 heterocycles. The molecule has 1 aromatic rings. The second-order valence-electron chi connectivity index (χ2n) is 6.01. The van der Waals surface area contributed by atoms with E-state index >= 15 is 0 Å². The zero-order valence-corrected chi connectivity index (χ0v) is 13.3. The van der Waals surface area contributed by atoms with Crippen molar-refractivity contribution in [2.45, 2.75) is 32.0 Å². The molecule has 0 aliphatic carbocycles. The Morgan fingerprint density at radius 1 is 1.36 bits per heavy atom. The van der Waals surface area contributed by atoms with Crippen molar-refractivity contribution < 1.29 is 23.8 Å². The number of alkyl halides is 1. The molecule has 6 heteroatoms. The number of nitrogens with one attached hydrogen (secondary N) is 1. The van der Waals surface area contributed by atoms with Crippen LogP contribution in [0.4, 0.5) is 4.39 Å². The van der Waals surface area contributed by atoms with Crippen molar-refractivity contribution in [1.82, 2.24) is 5.32 Å². The molecule has 1 aliphatic rings. The average Bonchev–Trinajstić information content (AvgIpc) is 2.94.